The van der Waals surface area contributed by atoms with Gasteiger partial charge in [-0.05, 0) is 38.8 Å². The van der Waals surface area contributed by atoms with Crippen molar-refractivity contribution >= 4 is 17.8 Å². The van der Waals surface area contributed by atoms with Crippen LogP contribution in [-0.2, 0) is 4.79 Å². The number of nitrogens with one attached hydrogen (secondary N) is 1. The van der Waals surface area contributed by atoms with Crippen LogP contribution in [0.5, 0.6) is 0 Å². The molecule has 1 spiro atoms. The Morgan fingerprint density at radius 3 is 2.50 bits per heavy atom. The number of imide groups is 1. The number of rotatable bonds is 2. The van der Waals surface area contributed by atoms with E-state index in [1.807, 2.05) is 13.8 Å². The Morgan fingerprint density at radius 2 is 2.00 bits per heavy atom. The van der Waals surface area contributed by atoms with Gasteiger partial charge in [0.05, 0.1) is 6.26 Å². The first-order chi connectivity index (χ1) is 10.4. The highest BCUT2D eigenvalue weighted by molar-refractivity contribution is 6.07. The molecule has 4 amide bonds. The average molecular weight is 305 g/mol. The fourth-order valence-corrected chi connectivity index (χ4v) is 3.10. The van der Waals surface area contributed by atoms with Crippen LogP contribution in [0.25, 0.3) is 0 Å². The molecule has 1 aromatic heterocycles. The SMILES string of the molecule is CC(C)N1C(=O)NC2(CCN(C(=O)c3ccco3)CC2)C1=O. The number of furan rings is 1. The maximum atomic E-state index is 12.6. The number of hydrogen-bond donors (Lipinski definition) is 1. The van der Waals surface area contributed by atoms with Crippen molar-refractivity contribution in [1.29, 1.82) is 0 Å². The smallest absolute Gasteiger partial charge is 0.325 e. The molecule has 22 heavy (non-hydrogen) atoms. The van der Waals surface area contributed by atoms with Crippen LogP contribution in [0.15, 0.2) is 22.8 Å². The van der Waals surface area contributed by atoms with Gasteiger partial charge in [0.25, 0.3) is 11.8 Å². The van der Waals surface area contributed by atoms with E-state index in [4.69, 9.17) is 4.42 Å². The maximum Gasteiger partial charge on any atom is 0.325 e. The molecule has 2 aliphatic heterocycles. The molecule has 0 aromatic carbocycles. The number of hydrogen-bond acceptors (Lipinski definition) is 4. The van der Waals surface area contributed by atoms with Crippen molar-refractivity contribution in [3.63, 3.8) is 0 Å². The Balaban J connectivity index is 1.70. The Labute approximate surface area is 128 Å². The fourth-order valence-electron chi connectivity index (χ4n) is 3.10. The van der Waals surface area contributed by atoms with Crippen LogP contribution in [0.4, 0.5) is 4.79 Å². The summed E-state index contributed by atoms with van der Waals surface area (Å²) in [4.78, 5) is 39.7. The molecule has 3 rings (SSSR count). The number of amides is 4. The summed E-state index contributed by atoms with van der Waals surface area (Å²) in [6.45, 7) is 4.45. The largest absolute Gasteiger partial charge is 0.459 e. The molecule has 0 aliphatic carbocycles. The molecule has 118 valence electrons. The van der Waals surface area contributed by atoms with Gasteiger partial charge >= 0.3 is 6.03 Å². The average Bonchev–Trinajstić information content (AvgIpc) is 3.07. The van der Waals surface area contributed by atoms with E-state index in [1.165, 1.54) is 11.2 Å². The van der Waals surface area contributed by atoms with Gasteiger partial charge in [0.1, 0.15) is 5.54 Å². The molecule has 2 fully saturated rings. The molecule has 1 N–H and O–H groups in total. The summed E-state index contributed by atoms with van der Waals surface area (Å²) >= 11 is 0. The van der Waals surface area contributed by atoms with Crippen LogP contribution in [0.1, 0.15) is 37.2 Å². The zero-order chi connectivity index (χ0) is 15.9. The van der Waals surface area contributed by atoms with Gasteiger partial charge in [-0.25, -0.2) is 4.79 Å². The van der Waals surface area contributed by atoms with Crippen LogP contribution in [-0.4, -0.2) is 52.3 Å². The van der Waals surface area contributed by atoms with Crippen molar-refractivity contribution in [1.82, 2.24) is 15.1 Å². The Bertz CT molecular complexity index is 600. The van der Waals surface area contributed by atoms with E-state index in [2.05, 4.69) is 5.32 Å². The quantitative estimate of drug-likeness (QED) is 0.833. The van der Waals surface area contributed by atoms with Gasteiger partial charge in [0, 0.05) is 19.1 Å². The highest BCUT2D eigenvalue weighted by Gasteiger charge is 2.53. The monoisotopic (exact) mass is 305 g/mol. The summed E-state index contributed by atoms with van der Waals surface area (Å²) in [7, 11) is 0. The van der Waals surface area contributed by atoms with Gasteiger partial charge in [-0.2, -0.15) is 0 Å². The first-order valence-electron chi connectivity index (χ1n) is 7.43. The molecule has 0 bridgehead atoms. The van der Waals surface area contributed by atoms with Crippen LogP contribution in [0.3, 0.4) is 0 Å². The van der Waals surface area contributed by atoms with Crippen molar-refractivity contribution < 1.29 is 18.8 Å². The Kier molecular flexibility index (Phi) is 3.42. The van der Waals surface area contributed by atoms with Crippen LogP contribution >= 0.6 is 0 Å². The van der Waals surface area contributed by atoms with E-state index in [0.29, 0.717) is 31.7 Å². The molecule has 0 unspecified atom stereocenters. The minimum atomic E-state index is -0.860. The molecule has 0 saturated carbocycles. The molecular weight excluding hydrogens is 286 g/mol. The van der Waals surface area contributed by atoms with E-state index in [0.717, 1.165) is 0 Å². The third kappa shape index (κ3) is 2.17. The van der Waals surface area contributed by atoms with Gasteiger partial charge < -0.3 is 14.6 Å². The molecule has 7 heteroatoms. The van der Waals surface area contributed by atoms with Crippen molar-refractivity contribution in [3.8, 4) is 0 Å². The molecule has 2 saturated heterocycles. The molecule has 0 radical (unpaired) electrons. The molecule has 7 nitrogen and oxygen atoms in total. The van der Waals surface area contributed by atoms with Gasteiger partial charge in [-0.15, -0.1) is 0 Å². The number of carbonyl (C=O) groups excluding carboxylic acids is 3. The van der Waals surface area contributed by atoms with E-state index >= 15 is 0 Å². The van der Waals surface area contributed by atoms with Gasteiger partial charge in [0.15, 0.2) is 5.76 Å². The second kappa shape index (κ2) is 5.15. The normalized spacial score (nSPS) is 20.9. The number of piperidine rings is 1. The number of likely N-dealkylation sites (tertiary alicyclic amines) is 1. The van der Waals surface area contributed by atoms with E-state index in [-0.39, 0.29) is 23.9 Å². The van der Waals surface area contributed by atoms with Crippen LogP contribution < -0.4 is 5.32 Å². The Morgan fingerprint density at radius 1 is 1.32 bits per heavy atom. The summed E-state index contributed by atoms with van der Waals surface area (Å²) in [6.07, 6.45) is 2.31. The summed E-state index contributed by atoms with van der Waals surface area (Å²) in [5.41, 5.74) is -0.860. The van der Waals surface area contributed by atoms with E-state index in [1.54, 1.807) is 17.0 Å². The lowest BCUT2D eigenvalue weighted by atomic mass is 9.87. The second-order valence-corrected chi connectivity index (χ2v) is 6.05. The number of nitrogens with zero attached hydrogens (tertiary/aromatic N) is 2. The standard InChI is InChI=1S/C15H19N3O4/c1-10(2)18-13(20)15(16-14(18)21)5-7-17(8-6-15)12(19)11-4-3-9-22-11/h3-4,9-10H,5-8H2,1-2H3,(H,16,21). The molecule has 1 aromatic rings. The number of urea groups is 1. The van der Waals surface area contributed by atoms with E-state index in [9.17, 15) is 14.4 Å². The Hall–Kier alpha value is -2.31. The predicted molar refractivity (Wildman–Crippen MR) is 77.1 cm³/mol. The maximum absolute atomic E-state index is 12.6. The second-order valence-electron chi connectivity index (χ2n) is 6.05. The lowest BCUT2D eigenvalue weighted by Crippen LogP contribution is -2.56. The van der Waals surface area contributed by atoms with E-state index < -0.39 is 5.54 Å². The zero-order valence-corrected chi connectivity index (χ0v) is 12.7. The number of carbonyl (C=O) groups is 3. The summed E-state index contributed by atoms with van der Waals surface area (Å²) in [5, 5.41) is 2.82. The van der Waals surface area contributed by atoms with Crippen molar-refractivity contribution in [2.24, 2.45) is 0 Å². The van der Waals surface area contributed by atoms with Crippen molar-refractivity contribution in [2.45, 2.75) is 38.3 Å². The molecule has 2 aliphatic rings. The van der Waals surface area contributed by atoms with Gasteiger partial charge in [-0.1, -0.05) is 0 Å². The summed E-state index contributed by atoms with van der Waals surface area (Å²) < 4.78 is 5.12. The lowest BCUT2D eigenvalue weighted by Gasteiger charge is -2.37. The van der Waals surface area contributed by atoms with Gasteiger partial charge in [-0.3, -0.25) is 14.5 Å². The van der Waals surface area contributed by atoms with Crippen molar-refractivity contribution in [3.05, 3.63) is 24.2 Å². The van der Waals surface area contributed by atoms with Crippen LogP contribution in [0, 0.1) is 0 Å². The highest BCUT2D eigenvalue weighted by atomic mass is 16.3. The molecule has 0 atom stereocenters. The van der Waals surface area contributed by atoms with Gasteiger partial charge in [0.2, 0.25) is 0 Å². The highest BCUT2D eigenvalue weighted by Crippen LogP contribution is 2.31. The minimum absolute atomic E-state index is 0.172. The lowest BCUT2D eigenvalue weighted by molar-refractivity contribution is -0.133. The fraction of sp³-hybridized carbons (Fsp3) is 0.533. The third-order valence-corrected chi connectivity index (χ3v) is 4.35. The molecular formula is C15H19N3O4. The summed E-state index contributed by atoms with van der Waals surface area (Å²) in [5.74, 6) is -0.0727. The molecule has 3 heterocycles. The third-order valence-electron chi connectivity index (χ3n) is 4.35. The first-order valence-corrected chi connectivity index (χ1v) is 7.43. The summed E-state index contributed by atoms with van der Waals surface area (Å²) in [6, 6.07) is 2.77. The van der Waals surface area contributed by atoms with Crippen LogP contribution in [0.2, 0.25) is 0 Å². The van der Waals surface area contributed by atoms with Crippen molar-refractivity contribution in [2.75, 3.05) is 13.1 Å². The predicted octanol–water partition coefficient (Wildman–Crippen LogP) is 1.21. The zero-order valence-electron chi connectivity index (χ0n) is 12.7. The minimum Gasteiger partial charge on any atom is -0.459 e. The topological polar surface area (TPSA) is 82.9 Å². The first kappa shape index (κ1) is 14.6.